The molecule has 0 aliphatic carbocycles. The van der Waals surface area contributed by atoms with Gasteiger partial charge in [-0.1, -0.05) is 0 Å². The van der Waals surface area contributed by atoms with Crippen LogP contribution in [-0.2, 0) is 10.0 Å². The second kappa shape index (κ2) is 8.11. The van der Waals surface area contributed by atoms with Gasteiger partial charge in [0, 0.05) is 31.9 Å². The molecule has 0 aromatic heterocycles. The maximum Gasteiger partial charge on any atom is 0.573 e. The summed E-state index contributed by atoms with van der Waals surface area (Å²) in [6.07, 6.45) is -4.83. The number of piperazine rings is 1. The second-order valence-electron chi connectivity index (χ2n) is 6.91. The van der Waals surface area contributed by atoms with Gasteiger partial charge in [-0.15, -0.1) is 13.2 Å². The van der Waals surface area contributed by atoms with Gasteiger partial charge in [-0.3, -0.25) is 4.72 Å². The van der Waals surface area contributed by atoms with Gasteiger partial charge in [0.15, 0.2) is 0 Å². The van der Waals surface area contributed by atoms with Crippen LogP contribution in [0.3, 0.4) is 0 Å². The Kier molecular flexibility index (Phi) is 5.95. The van der Waals surface area contributed by atoms with Crippen molar-refractivity contribution in [3.05, 3.63) is 48.0 Å². The van der Waals surface area contributed by atoms with Gasteiger partial charge in [0.2, 0.25) is 0 Å². The van der Waals surface area contributed by atoms with Crippen molar-refractivity contribution in [1.29, 1.82) is 0 Å². The Morgan fingerprint density at radius 2 is 1.62 bits per heavy atom. The first-order chi connectivity index (χ1) is 13.5. The number of nitrogens with zero attached hydrogens (tertiary/aromatic N) is 2. The molecule has 0 bridgehead atoms. The molecule has 0 amide bonds. The van der Waals surface area contributed by atoms with Crippen LogP contribution in [0.4, 0.5) is 24.5 Å². The highest BCUT2D eigenvalue weighted by Crippen LogP contribution is 2.27. The molecule has 1 aliphatic rings. The summed E-state index contributed by atoms with van der Waals surface area (Å²) in [5.41, 5.74) is 2.19. The molecule has 1 heterocycles. The highest BCUT2D eigenvalue weighted by Gasteiger charge is 2.31. The van der Waals surface area contributed by atoms with Crippen molar-refractivity contribution in [2.75, 3.05) is 42.8 Å². The molecular formula is C19H22F3N3O3S. The minimum atomic E-state index is -4.83. The highest BCUT2D eigenvalue weighted by molar-refractivity contribution is 7.92. The SMILES string of the molecule is Cc1cc(N2CCN(C)CC2)ccc1NS(=O)(=O)c1ccc(OC(F)(F)F)cc1. The summed E-state index contributed by atoms with van der Waals surface area (Å²) in [4.78, 5) is 4.33. The van der Waals surface area contributed by atoms with Crippen LogP contribution >= 0.6 is 0 Å². The molecule has 2 aromatic carbocycles. The first kappa shape index (κ1) is 21.3. The van der Waals surface area contributed by atoms with Gasteiger partial charge in [-0.05, 0) is 62.0 Å². The van der Waals surface area contributed by atoms with Crippen LogP contribution in [0.25, 0.3) is 0 Å². The van der Waals surface area contributed by atoms with Crippen molar-refractivity contribution in [3.63, 3.8) is 0 Å². The van der Waals surface area contributed by atoms with Crippen LogP contribution in [-0.4, -0.2) is 52.9 Å². The van der Waals surface area contributed by atoms with E-state index in [1.54, 1.807) is 13.0 Å². The molecule has 0 unspecified atom stereocenters. The third-order valence-electron chi connectivity index (χ3n) is 4.69. The molecule has 1 aliphatic heterocycles. The molecule has 1 fully saturated rings. The zero-order valence-electron chi connectivity index (χ0n) is 16.0. The normalized spacial score (nSPS) is 16.0. The fourth-order valence-corrected chi connectivity index (χ4v) is 4.18. The number of aryl methyl sites for hydroxylation is 1. The Bertz CT molecular complexity index is 955. The predicted octanol–water partition coefficient (Wildman–Crippen LogP) is 3.45. The van der Waals surface area contributed by atoms with Crippen molar-refractivity contribution in [3.8, 4) is 5.75 Å². The van der Waals surface area contributed by atoms with Gasteiger partial charge in [-0.25, -0.2) is 8.42 Å². The Morgan fingerprint density at radius 3 is 2.17 bits per heavy atom. The van der Waals surface area contributed by atoms with E-state index in [2.05, 4.69) is 26.3 Å². The first-order valence-electron chi connectivity index (χ1n) is 8.96. The lowest BCUT2D eigenvalue weighted by atomic mass is 10.1. The zero-order valence-corrected chi connectivity index (χ0v) is 16.8. The summed E-state index contributed by atoms with van der Waals surface area (Å²) in [5.74, 6) is -0.482. The van der Waals surface area contributed by atoms with E-state index < -0.39 is 22.1 Å². The molecule has 10 heteroatoms. The van der Waals surface area contributed by atoms with Crippen molar-refractivity contribution >= 4 is 21.4 Å². The monoisotopic (exact) mass is 429 g/mol. The summed E-state index contributed by atoms with van der Waals surface area (Å²) in [6.45, 7) is 5.52. The Balaban J connectivity index is 1.73. The minimum absolute atomic E-state index is 0.158. The van der Waals surface area contributed by atoms with Crippen molar-refractivity contribution in [1.82, 2.24) is 4.90 Å². The third-order valence-corrected chi connectivity index (χ3v) is 6.07. The van der Waals surface area contributed by atoms with E-state index in [-0.39, 0.29) is 4.90 Å². The number of nitrogens with one attached hydrogen (secondary N) is 1. The van der Waals surface area contributed by atoms with E-state index in [0.717, 1.165) is 61.7 Å². The molecule has 29 heavy (non-hydrogen) atoms. The van der Waals surface area contributed by atoms with Gasteiger partial charge < -0.3 is 14.5 Å². The van der Waals surface area contributed by atoms with Gasteiger partial charge in [-0.2, -0.15) is 0 Å². The van der Waals surface area contributed by atoms with Gasteiger partial charge in [0.25, 0.3) is 10.0 Å². The standard InChI is InChI=1S/C19H22F3N3O3S/c1-14-13-15(25-11-9-24(2)10-12-25)3-8-18(14)23-29(26,27)17-6-4-16(5-7-17)28-19(20,21)22/h3-8,13,23H,9-12H2,1-2H3. The average Bonchev–Trinajstić information content (AvgIpc) is 2.63. The molecule has 2 aromatic rings. The average molecular weight is 429 g/mol. The summed E-state index contributed by atoms with van der Waals surface area (Å²) in [5, 5.41) is 0. The molecular weight excluding hydrogens is 407 g/mol. The van der Waals surface area contributed by atoms with Gasteiger partial charge in [0.1, 0.15) is 5.75 Å². The Morgan fingerprint density at radius 1 is 1.00 bits per heavy atom. The number of hydrogen-bond donors (Lipinski definition) is 1. The van der Waals surface area contributed by atoms with E-state index in [1.165, 1.54) is 0 Å². The Hall–Kier alpha value is -2.46. The number of rotatable bonds is 5. The van der Waals surface area contributed by atoms with Crippen LogP contribution in [0.1, 0.15) is 5.56 Å². The van der Waals surface area contributed by atoms with Crippen LogP contribution in [0.5, 0.6) is 5.75 Å². The van der Waals surface area contributed by atoms with E-state index in [9.17, 15) is 21.6 Å². The molecule has 1 N–H and O–H groups in total. The Labute approximate surface area is 167 Å². The maximum absolute atomic E-state index is 12.6. The number of ether oxygens (including phenoxy) is 1. The third kappa shape index (κ3) is 5.54. The van der Waals surface area contributed by atoms with E-state index in [4.69, 9.17) is 0 Å². The number of alkyl halides is 3. The van der Waals surface area contributed by atoms with Crippen molar-refractivity contribution < 1.29 is 26.3 Å². The second-order valence-corrected chi connectivity index (χ2v) is 8.60. The lowest BCUT2D eigenvalue weighted by molar-refractivity contribution is -0.274. The summed E-state index contributed by atoms with van der Waals surface area (Å²) >= 11 is 0. The summed E-state index contributed by atoms with van der Waals surface area (Å²) < 4.78 is 68.1. The fourth-order valence-electron chi connectivity index (χ4n) is 3.05. The number of likely N-dealkylation sites (N-methyl/N-ethyl adjacent to an activating group) is 1. The molecule has 6 nitrogen and oxygen atoms in total. The van der Waals surface area contributed by atoms with Crippen LogP contribution in [0, 0.1) is 6.92 Å². The first-order valence-corrected chi connectivity index (χ1v) is 10.4. The number of benzene rings is 2. The van der Waals surface area contributed by atoms with Crippen molar-refractivity contribution in [2.24, 2.45) is 0 Å². The van der Waals surface area contributed by atoms with Crippen LogP contribution < -0.4 is 14.4 Å². The van der Waals surface area contributed by atoms with Crippen LogP contribution in [0.15, 0.2) is 47.4 Å². The molecule has 158 valence electrons. The van der Waals surface area contributed by atoms with E-state index >= 15 is 0 Å². The minimum Gasteiger partial charge on any atom is -0.406 e. The fraction of sp³-hybridized carbons (Fsp3) is 0.368. The predicted molar refractivity (Wildman–Crippen MR) is 105 cm³/mol. The van der Waals surface area contributed by atoms with Gasteiger partial charge in [0.05, 0.1) is 10.6 Å². The number of halogens is 3. The largest absolute Gasteiger partial charge is 0.573 e. The topological polar surface area (TPSA) is 61.9 Å². The quantitative estimate of drug-likeness (QED) is 0.789. The molecule has 3 rings (SSSR count). The smallest absolute Gasteiger partial charge is 0.406 e. The number of hydrogen-bond acceptors (Lipinski definition) is 5. The molecule has 0 saturated carbocycles. The lowest BCUT2D eigenvalue weighted by Crippen LogP contribution is -2.44. The maximum atomic E-state index is 12.6. The molecule has 0 atom stereocenters. The molecule has 1 saturated heterocycles. The molecule has 0 spiro atoms. The summed E-state index contributed by atoms with van der Waals surface area (Å²) in [7, 11) is -1.88. The molecule has 0 radical (unpaired) electrons. The van der Waals surface area contributed by atoms with Gasteiger partial charge >= 0.3 is 6.36 Å². The van der Waals surface area contributed by atoms with E-state index in [0.29, 0.717) is 5.69 Å². The summed E-state index contributed by atoms with van der Waals surface area (Å²) in [6, 6.07) is 9.53. The van der Waals surface area contributed by atoms with E-state index in [1.807, 2.05) is 12.1 Å². The van der Waals surface area contributed by atoms with Crippen LogP contribution in [0.2, 0.25) is 0 Å². The highest BCUT2D eigenvalue weighted by atomic mass is 32.2. The van der Waals surface area contributed by atoms with Crippen molar-refractivity contribution in [2.45, 2.75) is 18.2 Å². The number of sulfonamides is 1. The zero-order chi connectivity index (χ0) is 21.2. The lowest BCUT2D eigenvalue weighted by Gasteiger charge is -2.34. The number of anilines is 2.